The van der Waals surface area contributed by atoms with Gasteiger partial charge in [0.1, 0.15) is 5.54 Å². The van der Waals surface area contributed by atoms with Crippen LogP contribution in [0.15, 0.2) is 4.99 Å². The van der Waals surface area contributed by atoms with E-state index in [4.69, 9.17) is 4.99 Å². The fraction of sp³-hybridized carbons (Fsp3) is 0.824. The average Bonchev–Trinajstić information content (AvgIpc) is 2.85. The zero-order valence-electron chi connectivity index (χ0n) is 16.3. The first kappa shape index (κ1) is 23.3. The second-order valence-corrected chi connectivity index (χ2v) is 9.02. The maximum Gasteiger partial charge on any atom is 0.322 e. The van der Waals surface area contributed by atoms with Gasteiger partial charge in [0, 0.05) is 24.4 Å². The van der Waals surface area contributed by atoms with Crippen LogP contribution in [-0.4, -0.2) is 65.5 Å². The van der Waals surface area contributed by atoms with E-state index in [9.17, 15) is 9.59 Å². The highest BCUT2D eigenvalue weighted by atomic mass is 127. The van der Waals surface area contributed by atoms with Crippen molar-refractivity contribution in [1.82, 2.24) is 20.9 Å². The van der Waals surface area contributed by atoms with E-state index >= 15 is 0 Å². The number of imide groups is 1. The summed E-state index contributed by atoms with van der Waals surface area (Å²) in [5.41, 5.74) is -0.792. The number of urea groups is 1. The third-order valence-electron chi connectivity index (χ3n) is 5.18. The van der Waals surface area contributed by atoms with Crippen LogP contribution < -0.4 is 16.0 Å². The Bertz CT molecular complexity index is 549. The number of likely N-dealkylation sites (tertiary alicyclic amines) is 1. The molecular weight excluding hydrogens is 465 g/mol. The molecule has 0 bridgehead atoms. The van der Waals surface area contributed by atoms with E-state index < -0.39 is 5.54 Å². The summed E-state index contributed by atoms with van der Waals surface area (Å²) in [6.07, 6.45) is 3.80. The number of amides is 3. The second-order valence-electron chi connectivity index (χ2n) is 7.51. The molecule has 1 atom stereocenters. The number of nitrogens with one attached hydrogen (secondary N) is 3. The van der Waals surface area contributed by atoms with Crippen LogP contribution in [0.5, 0.6) is 0 Å². The van der Waals surface area contributed by atoms with Gasteiger partial charge in [0.15, 0.2) is 5.96 Å². The van der Waals surface area contributed by atoms with Crippen LogP contribution in [0.4, 0.5) is 4.79 Å². The Kier molecular flexibility index (Phi) is 8.50. The first-order chi connectivity index (χ1) is 11.7. The van der Waals surface area contributed by atoms with Crippen molar-refractivity contribution in [3.8, 4) is 0 Å². The van der Waals surface area contributed by atoms with Gasteiger partial charge in [-0.15, -0.1) is 24.0 Å². The maximum absolute atomic E-state index is 12.1. The standard InChI is InChI=1S/C17H31N5O2S.HI/c1-6-18-14(19-11-16(2,3)25-5)22-9-7-12(8-10-22)17(4)13(23)20-15(24)21-17;/h12H,6-11H2,1-5H3,(H,18,19)(H2,20,21,23,24);1H. The second kappa shape index (κ2) is 9.48. The van der Waals surface area contributed by atoms with E-state index in [-0.39, 0.29) is 46.6 Å². The molecule has 2 aliphatic heterocycles. The molecule has 150 valence electrons. The van der Waals surface area contributed by atoms with E-state index in [1.807, 2.05) is 18.7 Å². The molecule has 0 aliphatic carbocycles. The molecule has 0 radical (unpaired) electrons. The molecule has 1 unspecified atom stereocenters. The van der Waals surface area contributed by atoms with Gasteiger partial charge in [-0.05, 0) is 52.7 Å². The summed E-state index contributed by atoms with van der Waals surface area (Å²) in [5.74, 6) is 0.868. The van der Waals surface area contributed by atoms with E-state index in [0.29, 0.717) is 0 Å². The number of halogens is 1. The number of aliphatic imine (C=N–C) groups is 1. The summed E-state index contributed by atoms with van der Waals surface area (Å²) in [5, 5.41) is 8.54. The van der Waals surface area contributed by atoms with Gasteiger partial charge in [-0.25, -0.2) is 4.79 Å². The van der Waals surface area contributed by atoms with Gasteiger partial charge in [-0.1, -0.05) is 0 Å². The molecule has 0 aromatic carbocycles. The Balaban J connectivity index is 0.00000338. The minimum atomic E-state index is -0.792. The highest BCUT2D eigenvalue weighted by Crippen LogP contribution is 2.30. The number of thioether (sulfide) groups is 1. The molecule has 0 saturated carbocycles. The minimum absolute atomic E-state index is 0. The Morgan fingerprint density at radius 1 is 1.38 bits per heavy atom. The van der Waals surface area contributed by atoms with Gasteiger partial charge in [0.05, 0.1) is 6.54 Å². The van der Waals surface area contributed by atoms with Crippen LogP contribution in [-0.2, 0) is 4.79 Å². The van der Waals surface area contributed by atoms with Gasteiger partial charge in [0.2, 0.25) is 0 Å². The fourth-order valence-electron chi connectivity index (χ4n) is 3.27. The lowest BCUT2D eigenvalue weighted by molar-refractivity contribution is -0.125. The molecule has 3 amide bonds. The lowest BCUT2D eigenvalue weighted by atomic mass is 9.79. The highest BCUT2D eigenvalue weighted by molar-refractivity contribution is 14.0. The van der Waals surface area contributed by atoms with Crippen molar-refractivity contribution in [3.63, 3.8) is 0 Å². The van der Waals surface area contributed by atoms with Gasteiger partial charge in [-0.3, -0.25) is 15.1 Å². The molecule has 0 aromatic heterocycles. The van der Waals surface area contributed by atoms with Crippen molar-refractivity contribution in [2.45, 2.75) is 50.8 Å². The fourth-order valence-corrected chi connectivity index (χ4v) is 3.46. The number of piperidine rings is 1. The zero-order valence-corrected chi connectivity index (χ0v) is 19.5. The Hall–Kier alpha value is -0.710. The topological polar surface area (TPSA) is 85.8 Å². The van der Waals surface area contributed by atoms with Crippen LogP contribution in [0, 0.1) is 5.92 Å². The average molecular weight is 497 g/mol. The van der Waals surface area contributed by atoms with Crippen LogP contribution in [0.3, 0.4) is 0 Å². The first-order valence-corrected chi connectivity index (χ1v) is 10.2. The number of rotatable bonds is 5. The smallest absolute Gasteiger partial charge is 0.322 e. The molecule has 3 N–H and O–H groups in total. The molecule has 26 heavy (non-hydrogen) atoms. The van der Waals surface area contributed by atoms with Crippen molar-refractivity contribution in [1.29, 1.82) is 0 Å². The van der Waals surface area contributed by atoms with E-state index in [1.54, 1.807) is 0 Å². The number of hydrogen-bond donors (Lipinski definition) is 3. The Labute approximate surface area is 177 Å². The SMILES string of the molecule is CCNC(=NCC(C)(C)SC)N1CCC(C2(C)NC(=O)NC2=O)CC1.I. The number of nitrogens with zero attached hydrogens (tertiary/aromatic N) is 2. The molecule has 2 saturated heterocycles. The summed E-state index contributed by atoms with van der Waals surface area (Å²) < 4.78 is 0.110. The lowest BCUT2D eigenvalue weighted by Crippen LogP contribution is -2.55. The largest absolute Gasteiger partial charge is 0.357 e. The molecule has 2 aliphatic rings. The third kappa shape index (κ3) is 5.40. The molecule has 2 rings (SSSR count). The number of hydrogen-bond acceptors (Lipinski definition) is 4. The van der Waals surface area contributed by atoms with E-state index in [1.165, 1.54) is 0 Å². The van der Waals surface area contributed by atoms with Crippen molar-refractivity contribution in [3.05, 3.63) is 0 Å². The zero-order chi connectivity index (χ0) is 18.7. The van der Waals surface area contributed by atoms with Crippen LogP contribution in [0.1, 0.15) is 40.5 Å². The van der Waals surface area contributed by atoms with Crippen LogP contribution >= 0.6 is 35.7 Å². The van der Waals surface area contributed by atoms with Crippen molar-refractivity contribution in [2.75, 3.05) is 32.4 Å². The summed E-state index contributed by atoms with van der Waals surface area (Å²) >= 11 is 1.81. The van der Waals surface area contributed by atoms with Gasteiger partial charge in [0.25, 0.3) is 5.91 Å². The van der Waals surface area contributed by atoms with Crippen molar-refractivity contribution >= 4 is 53.6 Å². The summed E-state index contributed by atoms with van der Waals surface area (Å²) in [6, 6.07) is -0.385. The van der Waals surface area contributed by atoms with Crippen LogP contribution in [0.2, 0.25) is 0 Å². The number of carbonyl (C=O) groups excluding carboxylic acids is 2. The molecule has 2 heterocycles. The molecule has 9 heteroatoms. The number of carbonyl (C=O) groups is 2. The minimum Gasteiger partial charge on any atom is -0.357 e. The molecular formula is C17H32IN5O2S. The normalized spacial score (nSPS) is 24.8. The van der Waals surface area contributed by atoms with Crippen molar-refractivity contribution in [2.24, 2.45) is 10.9 Å². The molecule has 0 spiro atoms. The summed E-state index contributed by atoms with van der Waals surface area (Å²) in [4.78, 5) is 30.7. The monoisotopic (exact) mass is 497 g/mol. The quantitative estimate of drug-likeness (QED) is 0.234. The van der Waals surface area contributed by atoms with E-state index in [2.05, 4.69) is 47.9 Å². The first-order valence-electron chi connectivity index (χ1n) is 8.94. The maximum atomic E-state index is 12.1. The predicted molar refractivity (Wildman–Crippen MR) is 118 cm³/mol. The van der Waals surface area contributed by atoms with E-state index in [0.717, 1.165) is 45.0 Å². The lowest BCUT2D eigenvalue weighted by Gasteiger charge is -2.40. The molecule has 2 fully saturated rings. The van der Waals surface area contributed by atoms with Crippen LogP contribution in [0.25, 0.3) is 0 Å². The predicted octanol–water partition coefficient (Wildman–Crippen LogP) is 2.02. The summed E-state index contributed by atoms with van der Waals surface area (Å²) in [7, 11) is 0. The Morgan fingerprint density at radius 3 is 2.46 bits per heavy atom. The number of guanidine groups is 1. The van der Waals surface area contributed by atoms with Crippen molar-refractivity contribution < 1.29 is 9.59 Å². The molecule has 0 aromatic rings. The van der Waals surface area contributed by atoms with Gasteiger partial charge < -0.3 is 15.5 Å². The van der Waals surface area contributed by atoms with Gasteiger partial charge in [-0.2, -0.15) is 11.8 Å². The highest BCUT2D eigenvalue weighted by Gasteiger charge is 2.48. The van der Waals surface area contributed by atoms with Gasteiger partial charge >= 0.3 is 6.03 Å². The summed E-state index contributed by atoms with van der Waals surface area (Å²) in [6.45, 7) is 11.5. The third-order valence-corrected chi connectivity index (χ3v) is 6.41. The molecule has 7 nitrogen and oxygen atoms in total. The Morgan fingerprint density at radius 2 is 2.00 bits per heavy atom.